The Hall–Kier alpha value is -2.53. The molecule has 0 aromatic heterocycles. The number of hydrogen-bond donors (Lipinski definition) is 1. The van der Waals surface area contributed by atoms with E-state index >= 15 is 0 Å². The summed E-state index contributed by atoms with van der Waals surface area (Å²) in [6.07, 6.45) is 0. The minimum absolute atomic E-state index is 0.173. The van der Waals surface area contributed by atoms with Crippen LogP contribution in [0.25, 0.3) is 0 Å². The van der Waals surface area contributed by atoms with Crippen LogP contribution >= 0.6 is 0 Å². The molecule has 0 unspecified atom stereocenters. The highest BCUT2D eigenvalue weighted by Gasteiger charge is 2.21. The molecule has 2 aromatic rings. The molecule has 0 atom stereocenters. The second kappa shape index (κ2) is 7.65. The van der Waals surface area contributed by atoms with E-state index in [1.807, 2.05) is 48.5 Å². The van der Waals surface area contributed by atoms with Gasteiger partial charge in [0.1, 0.15) is 0 Å². The van der Waals surface area contributed by atoms with Crippen molar-refractivity contribution in [2.24, 2.45) is 0 Å². The van der Waals surface area contributed by atoms with Gasteiger partial charge in [-0.2, -0.15) is 0 Å². The number of nitrogens with zero attached hydrogens (tertiary/aromatic N) is 2. The molecule has 0 spiro atoms. The maximum Gasteiger partial charge on any atom is 0.341 e. The summed E-state index contributed by atoms with van der Waals surface area (Å²) in [6, 6.07) is 19.9. The first-order chi connectivity index (χ1) is 11.3. The molecule has 0 saturated carbocycles. The van der Waals surface area contributed by atoms with Gasteiger partial charge < -0.3 is 9.80 Å². The van der Waals surface area contributed by atoms with Crippen LogP contribution in [0.2, 0.25) is 0 Å². The Kier molecular flexibility index (Phi) is 5.11. The summed E-state index contributed by atoms with van der Waals surface area (Å²) < 4.78 is 0. The monoisotopic (exact) mass is 311 g/mol. The van der Waals surface area contributed by atoms with E-state index in [-0.39, 0.29) is 6.03 Å². The standard InChI is InChI=1S/C18H21N3O2/c22-18(19-23-15-16-7-3-1-4-8-16)21-13-11-20(12-14-21)17-9-5-2-6-10-17/h1-10H,11-15H2,(H,19,22). The first kappa shape index (κ1) is 15.4. The van der Waals surface area contributed by atoms with E-state index in [0.29, 0.717) is 19.7 Å². The van der Waals surface area contributed by atoms with Gasteiger partial charge in [-0.15, -0.1) is 0 Å². The summed E-state index contributed by atoms with van der Waals surface area (Å²) in [5.41, 5.74) is 4.76. The second-order valence-electron chi connectivity index (χ2n) is 5.49. The van der Waals surface area contributed by atoms with Crippen molar-refractivity contribution >= 4 is 11.7 Å². The van der Waals surface area contributed by atoms with Gasteiger partial charge in [0.15, 0.2) is 0 Å². The number of urea groups is 1. The predicted octanol–water partition coefficient (Wildman–Crippen LogP) is 2.65. The number of benzene rings is 2. The molecule has 1 N–H and O–H groups in total. The molecule has 3 rings (SSSR count). The highest BCUT2D eigenvalue weighted by atomic mass is 16.7. The summed E-state index contributed by atoms with van der Waals surface area (Å²) in [7, 11) is 0. The van der Waals surface area contributed by atoms with Gasteiger partial charge in [0.25, 0.3) is 0 Å². The number of hydrogen-bond acceptors (Lipinski definition) is 3. The minimum atomic E-state index is -0.173. The van der Waals surface area contributed by atoms with Crippen molar-refractivity contribution in [3.8, 4) is 0 Å². The van der Waals surface area contributed by atoms with E-state index in [9.17, 15) is 4.79 Å². The van der Waals surface area contributed by atoms with Gasteiger partial charge in [0.2, 0.25) is 0 Å². The van der Waals surface area contributed by atoms with Gasteiger partial charge in [-0.25, -0.2) is 10.3 Å². The van der Waals surface area contributed by atoms with Gasteiger partial charge in [-0.05, 0) is 17.7 Å². The van der Waals surface area contributed by atoms with Gasteiger partial charge in [0, 0.05) is 31.9 Å². The Labute approximate surface area is 136 Å². The van der Waals surface area contributed by atoms with Crippen molar-refractivity contribution < 1.29 is 9.63 Å². The normalized spacial score (nSPS) is 14.6. The summed E-state index contributed by atoms with van der Waals surface area (Å²) in [5, 5.41) is 0. The van der Waals surface area contributed by atoms with Crippen molar-refractivity contribution in [3.63, 3.8) is 0 Å². The molecule has 5 nitrogen and oxygen atoms in total. The van der Waals surface area contributed by atoms with Crippen molar-refractivity contribution in [2.45, 2.75) is 6.61 Å². The summed E-state index contributed by atoms with van der Waals surface area (Å²) in [4.78, 5) is 21.5. The Balaban J connectivity index is 1.41. The van der Waals surface area contributed by atoms with Gasteiger partial charge in [-0.1, -0.05) is 48.5 Å². The number of nitrogens with one attached hydrogen (secondary N) is 1. The lowest BCUT2D eigenvalue weighted by molar-refractivity contribution is 0.0359. The molecule has 1 aliphatic rings. The van der Waals surface area contributed by atoms with Gasteiger partial charge >= 0.3 is 6.03 Å². The zero-order valence-corrected chi connectivity index (χ0v) is 13.0. The Morgan fingerprint density at radius 1 is 0.913 bits per heavy atom. The molecule has 0 radical (unpaired) electrons. The fourth-order valence-electron chi connectivity index (χ4n) is 2.63. The molecule has 5 heteroatoms. The van der Waals surface area contributed by atoms with Crippen LogP contribution in [0.15, 0.2) is 60.7 Å². The summed E-state index contributed by atoms with van der Waals surface area (Å²) in [5.74, 6) is 0. The zero-order chi connectivity index (χ0) is 15.9. The molecule has 1 fully saturated rings. The molecule has 0 aliphatic carbocycles. The molecule has 2 amide bonds. The number of para-hydroxylation sites is 1. The number of hydroxylamine groups is 1. The number of rotatable bonds is 4. The highest BCUT2D eigenvalue weighted by Crippen LogP contribution is 2.15. The van der Waals surface area contributed by atoms with Crippen molar-refractivity contribution in [3.05, 3.63) is 66.2 Å². The summed E-state index contributed by atoms with van der Waals surface area (Å²) in [6.45, 7) is 3.41. The van der Waals surface area contributed by atoms with Crippen molar-refractivity contribution in [1.29, 1.82) is 0 Å². The van der Waals surface area contributed by atoms with E-state index in [2.05, 4.69) is 22.5 Å². The van der Waals surface area contributed by atoms with Crippen LogP contribution in [0.5, 0.6) is 0 Å². The molecule has 1 heterocycles. The minimum Gasteiger partial charge on any atom is -0.368 e. The van der Waals surface area contributed by atoms with Gasteiger partial charge in [0.05, 0.1) is 6.61 Å². The third-order valence-electron chi connectivity index (χ3n) is 3.93. The van der Waals surface area contributed by atoms with Crippen molar-refractivity contribution in [1.82, 2.24) is 10.4 Å². The number of carbonyl (C=O) groups excluding carboxylic acids is 1. The molecule has 23 heavy (non-hydrogen) atoms. The Bertz CT molecular complexity index is 611. The van der Waals surface area contributed by atoms with Crippen LogP contribution in [-0.4, -0.2) is 37.1 Å². The van der Waals surface area contributed by atoms with Crippen LogP contribution in [0.1, 0.15) is 5.56 Å². The van der Waals surface area contributed by atoms with E-state index in [1.54, 1.807) is 4.90 Å². The first-order valence-electron chi connectivity index (χ1n) is 7.83. The lowest BCUT2D eigenvalue weighted by Crippen LogP contribution is -2.51. The lowest BCUT2D eigenvalue weighted by atomic mass is 10.2. The maximum atomic E-state index is 12.1. The van der Waals surface area contributed by atoms with E-state index in [4.69, 9.17) is 4.84 Å². The number of anilines is 1. The average molecular weight is 311 g/mol. The van der Waals surface area contributed by atoms with Crippen LogP contribution in [-0.2, 0) is 11.4 Å². The molecule has 120 valence electrons. The second-order valence-corrected chi connectivity index (χ2v) is 5.49. The van der Waals surface area contributed by atoms with Crippen LogP contribution in [0, 0.1) is 0 Å². The fourth-order valence-corrected chi connectivity index (χ4v) is 2.63. The smallest absolute Gasteiger partial charge is 0.341 e. The quantitative estimate of drug-likeness (QED) is 0.883. The Morgan fingerprint density at radius 3 is 2.17 bits per heavy atom. The summed E-state index contributed by atoms with van der Waals surface area (Å²) >= 11 is 0. The Morgan fingerprint density at radius 2 is 1.52 bits per heavy atom. The lowest BCUT2D eigenvalue weighted by Gasteiger charge is -2.35. The molecule has 2 aromatic carbocycles. The fraction of sp³-hybridized carbons (Fsp3) is 0.278. The predicted molar refractivity (Wildman–Crippen MR) is 90.0 cm³/mol. The maximum absolute atomic E-state index is 12.1. The molecular formula is C18H21N3O2. The van der Waals surface area contributed by atoms with Gasteiger partial charge in [-0.3, -0.25) is 4.84 Å². The zero-order valence-electron chi connectivity index (χ0n) is 13.0. The molecule has 1 saturated heterocycles. The van der Waals surface area contributed by atoms with Crippen molar-refractivity contribution in [2.75, 3.05) is 31.1 Å². The number of piperazine rings is 1. The third-order valence-corrected chi connectivity index (χ3v) is 3.93. The first-order valence-corrected chi connectivity index (χ1v) is 7.83. The average Bonchev–Trinajstić information content (AvgIpc) is 2.63. The molecular weight excluding hydrogens is 290 g/mol. The molecule has 0 bridgehead atoms. The number of amides is 2. The van der Waals surface area contributed by atoms with E-state index in [0.717, 1.165) is 18.7 Å². The highest BCUT2D eigenvalue weighted by molar-refractivity contribution is 5.73. The number of carbonyl (C=O) groups is 1. The van der Waals surface area contributed by atoms with Crippen LogP contribution in [0.4, 0.5) is 10.5 Å². The van der Waals surface area contributed by atoms with E-state index in [1.165, 1.54) is 5.69 Å². The SMILES string of the molecule is O=C(NOCc1ccccc1)N1CCN(c2ccccc2)CC1. The van der Waals surface area contributed by atoms with Crippen LogP contribution < -0.4 is 10.4 Å². The topological polar surface area (TPSA) is 44.8 Å². The van der Waals surface area contributed by atoms with Crippen LogP contribution in [0.3, 0.4) is 0 Å². The largest absolute Gasteiger partial charge is 0.368 e. The third kappa shape index (κ3) is 4.23. The molecule has 1 aliphatic heterocycles. The van der Waals surface area contributed by atoms with E-state index < -0.39 is 0 Å².